The molecule has 1 aliphatic carbocycles. The van der Waals surface area contributed by atoms with Gasteiger partial charge in [-0.2, -0.15) is 5.26 Å². The van der Waals surface area contributed by atoms with E-state index in [9.17, 15) is 19.6 Å². The molecule has 0 saturated carbocycles. The molecular formula is C38H48N6O4. The maximum Gasteiger partial charge on any atom is 0.407 e. The molecule has 0 radical (unpaired) electrons. The molecule has 2 fully saturated rings. The number of fused-ring (bicyclic) bond motifs is 4. The second-order valence-electron chi connectivity index (χ2n) is 15.0. The lowest BCUT2D eigenvalue weighted by molar-refractivity contribution is -0.130. The van der Waals surface area contributed by atoms with Crippen LogP contribution in [0.2, 0.25) is 0 Å². The van der Waals surface area contributed by atoms with E-state index in [-0.39, 0.29) is 17.7 Å². The molecule has 1 atom stereocenters. The maximum absolute atomic E-state index is 14.0. The van der Waals surface area contributed by atoms with Crippen molar-refractivity contribution < 1.29 is 19.1 Å². The monoisotopic (exact) mass is 652 g/mol. The van der Waals surface area contributed by atoms with E-state index < -0.39 is 17.1 Å². The Balaban J connectivity index is 1.06. The van der Waals surface area contributed by atoms with Gasteiger partial charge in [0.2, 0.25) is 5.91 Å². The minimum atomic E-state index is -0.547. The van der Waals surface area contributed by atoms with E-state index in [1.165, 1.54) is 11.3 Å². The maximum atomic E-state index is 14.0. The van der Waals surface area contributed by atoms with Crippen LogP contribution in [0.25, 0.3) is 10.9 Å². The number of anilines is 1. The van der Waals surface area contributed by atoms with Crippen molar-refractivity contribution in [1.29, 1.82) is 5.26 Å². The third-order valence-electron chi connectivity index (χ3n) is 10.1. The van der Waals surface area contributed by atoms with Gasteiger partial charge < -0.3 is 24.8 Å². The second kappa shape index (κ2) is 12.9. The van der Waals surface area contributed by atoms with Gasteiger partial charge in [-0.3, -0.25) is 14.5 Å². The van der Waals surface area contributed by atoms with Crippen molar-refractivity contribution in [1.82, 2.24) is 20.1 Å². The fourth-order valence-corrected chi connectivity index (χ4v) is 7.56. The van der Waals surface area contributed by atoms with Gasteiger partial charge in [0.25, 0.3) is 0 Å². The molecule has 2 N–H and O–H groups in total. The van der Waals surface area contributed by atoms with Crippen molar-refractivity contribution in [3.8, 4) is 6.07 Å². The van der Waals surface area contributed by atoms with E-state index in [1.54, 1.807) is 6.07 Å². The number of rotatable bonds is 7. The van der Waals surface area contributed by atoms with Gasteiger partial charge in [0, 0.05) is 79.0 Å². The molecule has 3 heterocycles. The summed E-state index contributed by atoms with van der Waals surface area (Å²) in [5.74, 6) is 0.184. The summed E-state index contributed by atoms with van der Waals surface area (Å²) >= 11 is 0. The number of H-pyrrole nitrogens is 1. The zero-order valence-electron chi connectivity index (χ0n) is 29.2. The summed E-state index contributed by atoms with van der Waals surface area (Å²) < 4.78 is 5.36. The Bertz CT molecular complexity index is 1790. The molecule has 1 aromatic heterocycles. The van der Waals surface area contributed by atoms with E-state index >= 15 is 0 Å². The molecule has 10 heteroatoms. The largest absolute Gasteiger partial charge is 0.444 e. The number of hydrogen-bond acceptors (Lipinski definition) is 7. The third kappa shape index (κ3) is 6.53. The highest BCUT2D eigenvalue weighted by molar-refractivity contribution is 6.20. The van der Waals surface area contributed by atoms with Gasteiger partial charge in [-0.15, -0.1) is 0 Å². The molecule has 0 bridgehead atoms. The number of nitrogens with one attached hydrogen (secondary N) is 2. The van der Waals surface area contributed by atoms with Gasteiger partial charge in [0.05, 0.1) is 23.2 Å². The quantitative estimate of drug-likeness (QED) is 0.346. The van der Waals surface area contributed by atoms with Crippen LogP contribution in [-0.4, -0.2) is 90.0 Å². The first-order valence-corrected chi connectivity index (χ1v) is 17.3. The van der Waals surface area contributed by atoms with Crippen molar-refractivity contribution in [2.45, 2.75) is 84.3 Å². The van der Waals surface area contributed by atoms with Crippen LogP contribution < -0.4 is 10.2 Å². The summed E-state index contributed by atoms with van der Waals surface area (Å²) in [6.07, 6.45) is 2.44. The highest BCUT2D eigenvalue weighted by Crippen LogP contribution is 2.46. The van der Waals surface area contributed by atoms with Crippen LogP contribution in [0.3, 0.4) is 0 Å². The Morgan fingerprint density at radius 3 is 2.54 bits per heavy atom. The zero-order valence-corrected chi connectivity index (χ0v) is 29.2. The summed E-state index contributed by atoms with van der Waals surface area (Å²) in [5, 5.41) is 13.2. The number of aromatic amines is 1. The number of carbonyl (C=O) groups excluding carboxylic acids is 3. The number of benzene rings is 2. The molecule has 254 valence electrons. The molecule has 48 heavy (non-hydrogen) atoms. The van der Waals surface area contributed by atoms with Gasteiger partial charge in [-0.1, -0.05) is 26.8 Å². The predicted octanol–water partition coefficient (Wildman–Crippen LogP) is 5.50. The molecule has 6 rings (SSSR count). The number of alkyl carbamates (subject to hydrolysis) is 1. The summed E-state index contributed by atoms with van der Waals surface area (Å²) in [7, 11) is 0. The summed E-state index contributed by atoms with van der Waals surface area (Å²) in [5.41, 5.74) is 6.23. The summed E-state index contributed by atoms with van der Waals surface area (Å²) in [6, 6.07) is 12.0. The number of likely N-dealkylation sites (tertiary alicyclic amines) is 1. The van der Waals surface area contributed by atoms with E-state index in [2.05, 4.69) is 59.1 Å². The van der Waals surface area contributed by atoms with E-state index in [1.807, 2.05) is 37.8 Å². The zero-order chi connectivity index (χ0) is 34.4. The lowest BCUT2D eigenvalue weighted by Gasteiger charge is -2.39. The Kier molecular flexibility index (Phi) is 9.03. The molecule has 0 unspecified atom stereocenters. The highest BCUT2D eigenvalue weighted by Gasteiger charge is 2.40. The average Bonchev–Trinajstić information content (AvgIpc) is 3.68. The van der Waals surface area contributed by atoms with Crippen LogP contribution in [0.15, 0.2) is 30.3 Å². The first-order chi connectivity index (χ1) is 22.8. The van der Waals surface area contributed by atoms with Gasteiger partial charge in [0.15, 0.2) is 5.78 Å². The van der Waals surface area contributed by atoms with E-state index in [0.717, 1.165) is 85.3 Å². The summed E-state index contributed by atoms with van der Waals surface area (Å²) in [6.45, 7) is 17.7. The fraction of sp³-hybridized carbons (Fsp3) is 0.526. The molecule has 10 nitrogen and oxygen atoms in total. The molecule has 2 aromatic carbocycles. The average molecular weight is 653 g/mol. The van der Waals surface area contributed by atoms with Crippen LogP contribution in [0, 0.1) is 11.3 Å². The standard InChI is InChI=1S/C38H48N6O4/c1-7-25-20-28-29(38(5,6)35-33(34(28)46)27-11-10-24(22-39)19-30(27)41-35)21-31(25)43-17-15-42(16-18-43)13-8-9-32(45)44-14-12-26(23-44)40-36(47)48-37(2,3)4/h10-11,19-21,26,41H,7-9,12-18,23H2,1-6H3,(H,40,47)/t26-/m1/s1. The Morgan fingerprint density at radius 2 is 1.85 bits per heavy atom. The molecule has 2 saturated heterocycles. The molecule has 2 aliphatic heterocycles. The Labute approximate surface area is 283 Å². The van der Waals surface area contributed by atoms with Crippen molar-refractivity contribution in [3.05, 3.63) is 63.8 Å². The molecule has 3 aliphatic rings. The first-order valence-electron chi connectivity index (χ1n) is 17.3. The molecule has 3 aromatic rings. The lowest BCUT2D eigenvalue weighted by atomic mass is 9.70. The van der Waals surface area contributed by atoms with Crippen LogP contribution in [-0.2, 0) is 21.4 Å². The minimum absolute atomic E-state index is 0.0413. The predicted molar refractivity (Wildman–Crippen MR) is 187 cm³/mol. The Hall–Kier alpha value is -4.36. The van der Waals surface area contributed by atoms with Gasteiger partial charge in [-0.25, -0.2) is 4.79 Å². The molecule has 0 spiro atoms. The van der Waals surface area contributed by atoms with Crippen molar-refractivity contribution in [2.75, 3.05) is 50.7 Å². The number of nitrogens with zero attached hydrogens (tertiary/aromatic N) is 4. The van der Waals surface area contributed by atoms with E-state index in [0.29, 0.717) is 25.1 Å². The number of amides is 2. The van der Waals surface area contributed by atoms with Crippen LogP contribution in [0.1, 0.15) is 99.1 Å². The number of aryl methyl sites for hydroxylation is 1. The molecule has 2 amide bonds. The summed E-state index contributed by atoms with van der Waals surface area (Å²) in [4.78, 5) is 49.3. The Morgan fingerprint density at radius 1 is 1.10 bits per heavy atom. The number of ketones is 1. The van der Waals surface area contributed by atoms with Gasteiger partial charge in [-0.05, 0) is 82.0 Å². The van der Waals surface area contributed by atoms with Crippen molar-refractivity contribution in [3.63, 3.8) is 0 Å². The van der Waals surface area contributed by atoms with Gasteiger partial charge in [0.1, 0.15) is 5.60 Å². The van der Waals surface area contributed by atoms with Crippen molar-refractivity contribution >= 4 is 34.4 Å². The normalized spacial score (nSPS) is 19.2. The number of piperazine rings is 1. The number of ether oxygens (including phenoxy) is 1. The highest BCUT2D eigenvalue weighted by atomic mass is 16.6. The number of aromatic nitrogens is 1. The lowest BCUT2D eigenvalue weighted by Crippen LogP contribution is -2.47. The number of nitriles is 1. The number of hydrogen-bond donors (Lipinski definition) is 2. The number of carbonyl (C=O) groups is 3. The van der Waals surface area contributed by atoms with Crippen LogP contribution in [0.4, 0.5) is 10.5 Å². The topological polar surface area (TPSA) is 122 Å². The minimum Gasteiger partial charge on any atom is -0.444 e. The second-order valence-corrected chi connectivity index (χ2v) is 15.0. The third-order valence-corrected chi connectivity index (χ3v) is 10.1. The van der Waals surface area contributed by atoms with Crippen LogP contribution in [0.5, 0.6) is 0 Å². The smallest absolute Gasteiger partial charge is 0.407 e. The van der Waals surface area contributed by atoms with Crippen molar-refractivity contribution in [2.24, 2.45) is 0 Å². The fourth-order valence-electron chi connectivity index (χ4n) is 7.56. The SMILES string of the molecule is CCc1cc2c(cc1N1CCN(CCCC(=O)N3CC[C@@H](NC(=O)OC(C)(C)C)C3)CC1)C(C)(C)c1[nH]c3cc(C#N)ccc3c1C2=O. The molecular weight excluding hydrogens is 604 g/mol. The van der Waals surface area contributed by atoms with Gasteiger partial charge >= 0.3 is 6.09 Å². The van der Waals surface area contributed by atoms with E-state index in [4.69, 9.17) is 4.74 Å². The first kappa shape index (κ1) is 33.5. The van der Waals surface area contributed by atoms with Crippen LogP contribution >= 0.6 is 0 Å².